The Labute approximate surface area is 136 Å². The van der Waals surface area contributed by atoms with Crippen LogP contribution in [0.3, 0.4) is 0 Å². The van der Waals surface area contributed by atoms with Crippen molar-refractivity contribution in [2.24, 2.45) is 0 Å². The lowest BCUT2D eigenvalue weighted by atomic mass is 10.0. The second-order valence-corrected chi connectivity index (χ2v) is 6.04. The van der Waals surface area contributed by atoms with Crippen LogP contribution in [0.25, 0.3) is 0 Å². The van der Waals surface area contributed by atoms with Crippen LogP contribution in [0, 0.1) is 13.8 Å². The Morgan fingerprint density at radius 2 is 1.90 bits per heavy atom. The van der Waals surface area contributed by atoms with Gasteiger partial charge in [0.15, 0.2) is 5.11 Å². The van der Waals surface area contributed by atoms with Crippen LogP contribution in [-0.2, 0) is 0 Å². The van der Waals surface area contributed by atoms with Crippen LogP contribution in [0.2, 0.25) is 5.02 Å². The quantitative estimate of drug-likeness (QED) is 0.778. The van der Waals surface area contributed by atoms with Crippen molar-refractivity contribution >= 4 is 34.6 Å². The molecule has 2 rings (SSSR count). The Morgan fingerprint density at radius 3 is 2.57 bits per heavy atom. The Bertz CT molecular complexity index is 655. The van der Waals surface area contributed by atoms with E-state index in [0.29, 0.717) is 10.1 Å². The SMILES string of the molecule is Cc1ccc([C@H](C)NC(=S)Nc2cccc(Cl)c2)c(C)c1. The molecule has 2 N–H and O–H groups in total. The predicted octanol–water partition coefficient (Wildman–Crippen LogP) is 5.00. The monoisotopic (exact) mass is 318 g/mol. The Morgan fingerprint density at radius 1 is 1.14 bits per heavy atom. The minimum atomic E-state index is 0.143. The Kier molecular flexibility index (Phi) is 5.21. The topological polar surface area (TPSA) is 24.1 Å². The number of hydrogen-bond acceptors (Lipinski definition) is 1. The fourth-order valence-electron chi connectivity index (χ4n) is 2.32. The molecule has 0 aromatic heterocycles. The van der Waals surface area contributed by atoms with Gasteiger partial charge in [0.25, 0.3) is 0 Å². The highest BCUT2D eigenvalue weighted by Gasteiger charge is 2.09. The molecule has 4 heteroatoms. The maximum absolute atomic E-state index is 5.96. The lowest BCUT2D eigenvalue weighted by Crippen LogP contribution is -2.31. The molecule has 0 unspecified atom stereocenters. The molecule has 1 atom stereocenters. The summed E-state index contributed by atoms with van der Waals surface area (Å²) in [5.74, 6) is 0. The summed E-state index contributed by atoms with van der Waals surface area (Å²) < 4.78 is 0. The molecule has 0 spiro atoms. The third-order valence-electron chi connectivity index (χ3n) is 3.32. The minimum Gasteiger partial charge on any atom is -0.356 e. The van der Waals surface area contributed by atoms with Crippen LogP contribution < -0.4 is 10.6 Å². The van der Waals surface area contributed by atoms with E-state index in [1.54, 1.807) is 0 Å². The van der Waals surface area contributed by atoms with Gasteiger partial charge in [0.2, 0.25) is 0 Å². The Balaban J connectivity index is 2.02. The van der Waals surface area contributed by atoms with Crippen molar-refractivity contribution in [3.05, 3.63) is 64.2 Å². The summed E-state index contributed by atoms with van der Waals surface area (Å²) in [5.41, 5.74) is 4.66. The van der Waals surface area contributed by atoms with Gasteiger partial charge in [-0.25, -0.2) is 0 Å². The molecule has 0 saturated heterocycles. The average molecular weight is 319 g/mol. The molecule has 110 valence electrons. The summed E-state index contributed by atoms with van der Waals surface area (Å²) in [6.07, 6.45) is 0. The normalized spacial score (nSPS) is 11.8. The van der Waals surface area contributed by atoms with Crippen molar-refractivity contribution in [3.8, 4) is 0 Å². The first kappa shape index (κ1) is 15.8. The molecule has 21 heavy (non-hydrogen) atoms. The second-order valence-electron chi connectivity index (χ2n) is 5.19. The van der Waals surface area contributed by atoms with Gasteiger partial charge in [-0.1, -0.05) is 41.4 Å². The molecule has 0 saturated carbocycles. The molecule has 0 bridgehead atoms. The summed E-state index contributed by atoms with van der Waals surface area (Å²) in [6, 6.07) is 14.1. The average Bonchev–Trinajstić information content (AvgIpc) is 2.38. The lowest BCUT2D eigenvalue weighted by molar-refractivity contribution is 0.717. The van der Waals surface area contributed by atoms with Crippen LogP contribution in [0.15, 0.2) is 42.5 Å². The third kappa shape index (κ3) is 4.45. The maximum Gasteiger partial charge on any atom is 0.171 e. The Hall–Kier alpha value is -1.58. The standard InChI is InChI=1S/C17H19ClN2S/c1-11-7-8-16(12(2)9-11)13(3)19-17(21)20-15-6-4-5-14(18)10-15/h4-10,13H,1-3H3,(H2,19,20,21)/t13-/m0/s1. The number of nitrogens with one attached hydrogen (secondary N) is 2. The smallest absolute Gasteiger partial charge is 0.171 e. The fourth-order valence-corrected chi connectivity index (χ4v) is 2.80. The van der Waals surface area contributed by atoms with E-state index in [1.165, 1.54) is 16.7 Å². The summed E-state index contributed by atoms with van der Waals surface area (Å²) in [5, 5.41) is 7.72. The van der Waals surface area contributed by atoms with Crippen LogP contribution in [-0.4, -0.2) is 5.11 Å². The largest absolute Gasteiger partial charge is 0.356 e. The molecule has 0 aliphatic rings. The molecule has 0 heterocycles. The summed E-state index contributed by atoms with van der Waals surface area (Å²) in [6.45, 7) is 6.32. The van der Waals surface area contributed by atoms with Crippen molar-refractivity contribution in [2.75, 3.05) is 5.32 Å². The number of aryl methyl sites for hydroxylation is 2. The molecule has 0 aliphatic heterocycles. The van der Waals surface area contributed by atoms with E-state index in [0.717, 1.165) is 5.69 Å². The molecule has 0 aliphatic carbocycles. The number of benzene rings is 2. The van der Waals surface area contributed by atoms with Gasteiger partial charge in [0, 0.05) is 10.7 Å². The van der Waals surface area contributed by atoms with E-state index < -0.39 is 0 Å². The maximum atomic E-state index is 5.96. The molecule has 2 aromatic carbocycles. The van der Waals surface area contributed by atoms with Crippen LogP contribution in [0.5, 0.6) is 0 Å². The first-order valence-electron chi connectivity index (χ1n) is 6.86. The number of rotatable bonds is 3. The van der Waals surface area contributed by atoms with E-state index in [2.05, 4.69) is 49.6 Å². The van der Waals surface area contributed by atoms with E-state index in [4.69, 9.17) is 23.8 Å². The molecule has 0 radical (unpaired) electrons. The van der Waals surface area contributed by atoms with Crippen molar-refractivity contribution in [1.29, 1.82) is 0 Å². The minimum absolute atomic E-state index is 0.143. The van der Waals surface area contributed by atoms with E-state index in [1.807, 2.05) is 24.3 Å². The highest BCUT2D eigenvalue weighted by atomic mass is 35.5. The summed E-state index contributed by atoms with van der Waals surface area (Å²) in [7, 11) is 0. The first-order chi connectivity index (χ1) is 9.95. The molecular formula is C17H19ClN2S. The second kappa shape index (κ2) is 6.92. The molecule has 2 nitrogen and oxygen atoms in total. The van der Waals surface area contributed by atoms with Crippen molar-refractivity contribution in [2.45, 2.75) is 26.8 Å². The van der Waals surface area contributed by atoms with Gasteiger partial charge in [-0.3, -0.25) is 0 Å². The van der Waals surface area contributed by atoms with Crippen molar-refractivity contribution in [3.63, 3.8) is 0 Å². The first-order valence-corrected chi connectivity index (χ1v) is 7.64. The number of anilines is 1. The number of hydrogen-bond donors (Lipinski definition) is 2. The summed E-state index contributed by atoms with van der Waals surface area (Å²) in [4.78, 5) is 0. The zero-order valence-corrected chi connectivity index (χ0v) is 14.0. The van der Waals surface area contributed by atoms with Gasteiger partial charge in [0.05, 0.1) is 6.04 Å². The van der Waals surface area contributed by atoms with Crippen molar-refractivity contribution in [1.82, 2.24) is 5.32 Å². The van der Waals surface area contributed by atoms with E-state index in [-0.39, 0.29) is 6.04 Å². The third-order valence-corrected chi connectivity index (χ3v) is 3.78. The number of halogens is 1. The predicted molar refractivity (Wildman–Crippen MR) is 95.1 cm³/mol. The van der Waals surface area contributed by atoms with Crippen LogP contribution >= 0.6 is 23.8 Å². The molecular weight excluding hydrogens is 300 g/mol. The molecule has 0 amide bonds. The zero-order chi connectivity index (χ0) is 15.4. The van der Waals surface area contributed by atoms with Crippen LogP contribution in [0.1, 0.15) is 29.7 Å². The van der Waals surface area contributed by atoms with Gasteiger partial charge >= 0.3 is 0 Å². The van der Waals surface area contributed by atoms with Gasteiger partial charge < -0.3 is 10.6 Å². The summed E-state index contributed by atoms with van der Waals surface area (Å²) >= 11 is 11.3. The van der Waals surface area contributed by atoms with Gasteiger partial charge in [-0.05, 0) is 62.3 Å². The lowest BCUT2D eigenvalue weighted by Gasteiger charge is -2.19. The number of thiocarbonyl (C=S) groups is 1. The van der Waals surface area contributed by atoms with Gasteiger partial charge in [-0.2, -0.15) is 0 Å². The van der Waals surface area contributed by atoms with Gasteiger partial charge in [0.1, 0.15) is 0 Å². The highest BCUT2D eigenvalue weighted by Crippen LogP contribution is 2.19. The van der Waals surface area contributed by atoms with Gasteiger partial charge in [-0.15, -0.1) is 0 Å². The van der Waals surface area contributed by atoms with E-state index in [9.17, 15) is 0 Å². The highest BCUT2D eigenvalue weighted by molar-refractivity contribution is 7.80. The zero-order valence-electron chi connectivity index (χ0n) is 12.4. The fraction of sp³-hybridized carbons (Fsp3) is 0.235. The van der Waals surface area contributed by atoms with Crippen molar-refractivity contribution < 1.29 is 0 Å². The molecule has 0 fully saturated rings. The molecule has 2 aromatic rings. The van der Waals surface area contributed by atoms with Crippen LogP contribution in [0.4, 0.5) is 5.69 Å². The van der Waals surface area contributed by atoms with E-state index >= 15 is 0 Å².